The largest absolute Gasteiger partial charge is 0.387 e. The standard InChI is InChI=1S/C17H22N2O/c1-14(9-10-15-6-5-11-18-12-15)19-13-17(20)16-7-3-2-4-8-16/h2-8,11-12,14,17,19-20H,9-10,13H2,1H3. The molecule has 2 rings (SSSR count). The van der Waals surface area contributed by atoms with E-state index in [-0.39, 0.29) is 0 Å². The summed E-state index contributed by atoms with van der Waals surface area (Å²) in [6.45, 7) is 2.73. The highest BCUT2D eigenvalue weighted by Crippen LogP contribution is 2.11. The Morgan fingerprint density at radius 2 is 1.95 bits per heavy atom. The minimum Gasteiger partial charge on any atom is -0.387 e. The van der Waals surface area contributed by atoms with E-state index in [9.17, 15) is 5.11 Å². The van der Waals surface area contributed by atoms with E-state index in [1.54, 1.807) is 6.20 Å². The van der Waals surface area contributed by atoms with Crippen LogP contribution in [0.1, 0.15) is 30.6 Å². The number of pyridine rings is 1. The zero-order chi connectivity index (χ0) is 14.2. The summed E-state index contributed by atoms with van der Waals surface area (Å²) in [6, 6.07) is 14.2. The maximum absolute atomic E-state index is 10.1. The van der Waals surface area contributed by atoms with Gasteiger partial charge in [-0.2, -0.15) is 0 Å². The van der Waals surface area contributed by atoms with Crippen LogP contribution in [0.15, 0.2) is 54.9 Å². The summed E-state index contributed by atoms with van der Waals surface area (Å²) < 4.78 is 0. The van der Waals surface area contributed by atoms with Crippen molar-refractivity contribution in [2.45, 2.75) is 31.9 Å². The molecule has 106 valence electrons. The highest BCUT2D eigenvalue weighted by molar-refractivity contribution is 5.17. The molecule has 3 nitrogen and oxygen atoms in total. The molecule has 0 fully saturated rings. The quantitative estimate of drug-likeness (QED) is 0.813. The van der Waals surface area contributed by atoms with Gasteiger partial charge in [-0.25, -0.2) is 0 Å². The fourth-order valence-electron chi connectivity index (χ4n) is 2.14. The van der Waals surface area contributed by atoms with Crippen molar-refractivity contribution >= 4 is 0 Å². The van der Waals surface area contributed by atoms with Crippen LogP contribution in [0.3, 0.4) is 0 Å². The number of aromatic nitrogens is 1. The van der Waals surface area contributed by atoms with Crippen LogP contribution >= 0.6 is 0 Å². The first-order valence-corrected chi connectivity index (χ1v) is 7.11. The zero-order valence-corrected chi connectivity index (χ0v) is 11.9. The number of aliphatic hydroxyl groups is 1. The van der Waals surface area contributed by atoms with Gasteiger partial charge in [0.25, 0.3) is 0 Å². The minimum absolute atomic E-state index is 0.369. The van der Waals surface area contributed by atoms with Gasteiger partial charge in [0.05, 0.1) is 6.10 Å². The molecule has 0 bridgehead atoms. The predicted molar refractivity (Wildman–Crippen MR) is 81.4 cm³/mol. The third kappa shape index (κ3) is 4.76. The lowest BCUT2D eigenvalue weighted by atomic mass is 10.1. The Bertz CT molecular complexity index is 487. The molecule has 1 aromatic carbocycles. The molecule has 0 saturated heterocycles. The number of nitrogens with zero attached hydrogens (tertiary/aromatic N) is 1. The van der Waals surface area contributed by atoms with Gasteiger partial charge in [0.2, 0.25) is 0 Å². The molecule has 0 saturated carbocycles. The first-order valence-electron chi connectivity index (χ1n) is 7.11. The van der Waals surface area contributed by atoms with Gasteiger partial charge in [-0.3, -0.25) is 4.98 Å². The van der Waals surface area contributed by atoms with Crippen molar-refractivity contribution in [1.82, 2.24) is 10.3 Å². The Balaban J connectivity index is 1.71. The molecule has 2 aromatic rings. The average molecular weight is 270 g/mol. The van der Waals surface area contributed by atoms with Gasteiger partial charge in [0, 0.05) is 25.0 Å². The van der Waals surface area contributed by atoms with Gasteiger partial charge in [-0.15, -0.1) is 0 Å². The number of benzene rings is 1. The molecule has 1 aromatic heterocycles. The number of hydrogen-bond donors (Lipinski definition) is 2. The van der Waals surface area contributed by atoms with E-state index in [2.05, 4.69) is 23.3 Å². The van der Waals surface area contributed by atoms with Crippen LogP contribution in [0, 0.1) is 0 Å². The summed E-state index contributed by atoms with van der Waals surface area (Å²) in [7, 11) is 0. The normalized spacial score (nSPS) is 13.9. The lowest BCUT2D eigenvalue weighted by Crippen LogP contribution is -2.30. The monoisotopic (exact) mass is 270 g/mol. The molecule has 0 radical (unpaired) electrons. The Morgan fingerprint density at radius 3 is 2.65 bits per heavy atom. The van der Waals surface area contributed by atoms with E-state index in [1.165, 1.54) is 5.56 Å². The third-order valence-electron chi connectivity index (χ3n) is 3.43. The Morgan fingerprint density at radius 1 is 1.15 bits per heavy atom. The highest BCUT2D eigenvalue weighted by Gasteiger charge is 2.09. The van der Waals surface area contributed by atoms with E-state index < -0.39 is 6.10 Å². The van der Waals surface area contributed by atoms with Gasteiger partial charge in [-0.1, -0.05) is 36.4 Å². The summed E-state index contributed by atoms with van der Waals surface area (Å²) >= 11 is 0. The molecule has 0 amide bonds. The first-order chi connectivity index (χ1) is 9.75. The molecular weight excluding hydrogens is 248 g/mol. The summed E-state index contributed by atoms with van der Waals surface area (Å²) in [4.78, 5) is 4.12. The lowest BCUT2D eigenvalue weighted by molar-refractivity contribution is 0.170. The number of hydrogen-bond acceptors (Lipinski definition) is 3. The summed E-state index contributed by atoms with van der Waals surface area (Å²) in [5, 5.41) is 13.5. The highest BCUT2D eigenvalue weighted by atomic mass is 16.3. The Kier molecular flexibility index (Phi) is 5.71. The second-order valence-electron chi connectivity index (χ2n) is 5.14. The second kappa shape index (κ2) is 7.78. The van der Waals surface area contributed by atoms with Gasteiger partial charge < -0.3 is 10.4 Å². The number of aliphatic hydroxyl groups excluding tert-OH is 1. The third-order valence-corrected chi connectivity index (χ3v) is 3.43. The smallest absolute Gasteiger partial charge is 0.0914 e. The molecular formula is C17H22N2O. The summed E-state index contributed by atoms with van der Waals surface area (Å²) in [6.07, 6.45) is 5.29. The summed E-state index contributed by atoms with van der Waals surface area (Å²) in [5.74, 6) is 0. The molecule has 2 atom stereocenters. The van der Waals surface area contributed by atoms with E-state index in [0.717, 1.165) is 18.4 Å². The fourth-order valence-corrected chi connectivity index (χ4v) is 2.14. The molecule has 0 aliphatic rings. The van der Waals surface area contributed by atoms with E-state index in [0.29, 0.717) is 12.6 Å². The second-order valence-corrected chi connectivity index (χ2v) is 5.14. The average Bonchev–Trinajstić information content (AvgIpc) is 2.52. The zero-order valence-electron chi connectivity index (χ0n) is 11.9. The molecule has 0 aliphatic carbocycles. The maximum atomic E-state index is 10.1. The summed E-state index contributed by atoms with van der Waals surface area (Å²) in [5.41, 5.74) is 2.21. The molecule has 3 heteroatoms. The van der Waals surface area contributed by atoms with E-state index in [4.69, 9.17) is 0 Å². The maximum Gasteiger partial charge on any atom is 0.0914 e. The number of rotatable bonds is 7. The minimum atomic E-state index is -0.447. The van der Waals surface area contributed by atoms with Crippen molar-refractivity contribution in [3.05, 3.63) is 66.0 Å². The van der Waals surface area contributed by atoms with Gasteiger partial charge >= 0.3 is 0 Å². The molecule has 0 spiro atoms. The topological polar surface area (TPSA) is 45.2 Å². The van der Waals surface area contributed by atoms with Crippen molar-refractivity contribution < 1.29 is 5.11 Å². The molecule has 1 heterocycles. The van der Waals surface area contributed by atoms with E-state index >= 15 is 0 Å². The predicted octanol–water partition coefficient (Wildman–Crippen LogP) is 2.73. The first kappa shape index (κ1) is 14.7. The van der Waals surface area contributed by atoms with Crippen LogP contribution < -0.4 is 5.32 Å². The SMILES string of the molecule is CC(CCc1cccnc1)NCC(O)c1ccccc1. The van der Waals surface area contributed by atoms with Crippen molar-refractivity contribution in [3.63, 3.8) is 0 Å². The van der Waals surface area contributed by atoms with Crippen LogP contribution in [-0.2, 0) is 6.42 Å². The van der Waals surface area contributed by atoms with Crippen LogP contribution in [0.25, 0.3) is 0 Å². The Labute approximate surface area is 120 Å². The van der Waals surface area contributed by atoms with Crippen LogP contribution in [0.4, 0.5) is 0 Å². The van der Waals surface area contributed by atoms with Crippen molar-refractivity contribution in [2.24, 2.45) is 0 Å². The fraction of sp³-hybridized carbons (Fsp3) is 0.353. The van der Waals surface area contributed by atoms with Crippen molar-refractivity contribution in [1.29, 1.82) is 0 Å². The van der Waals surface area contributed by atoms with Gasteiger partial charge in [-0.05, 0) is 37.0 Å². The van der Waals surface area contributed by atoms with Gasteiger partial charge in [0.1, 0.15) is 0 Å². The van der Waals surface area contributed by atoms with E-state index in [1.807, 2.05) is 42.6 Å². The molecule has 2 unspecified atom stereocenters. The van der Waals surface area contributed by atoms with Crippen molar-refractivity contribution in [3.8, 4) is 0 Å². The lowest BCUT2D eigenvalue weighted by Gasteiger charge is -2.17. The van der Waals surface area contributed by atoms with Crippen LogP contribution in [-0.4, -0.2) is 22.7 Å². The molecule has 20 heavy (non-hydrogen) atoms. The number of nitrogens with one attached hydrogen (secondary N) is 1. The van der Waals surface area contributed by atoms with Gasteiger partial charge in [0.15, 0.2) is 0 Å². The molecule has 0 aliphatic heterocycles. The Hall–Kier alpha value is -1.71. The number of aryl methyl sites for hydroxylation is 1. The molecule has 2 N–H and O–H groups in total. The van der Waals surface area contributed by atoms with Crippen LogP contribution in [0.2, 0.25) is 0 Å². The van der Waals surface area contributed by atoms with Crippen LogP contribution in [0.5, 0.6) is 0 Å². The van der Waals surface area contributed by atoms with Crippen molar-refractivity contribution in [2.75, 3.05) is 6.54 Å².